The molecule has 0 aliphatic rings. The van der Waals surface area contributed by atoms with Gasteiger partial charge >= 0.3 is 11.7 Å². The second-order valence-corrected chi connectivity index (χ2v) is 5.59. The number of ether oxygens (including phenoxy) is 2. The van der Waals surface area contributed by atoms with Crippen LogP contribution in [0.2, 0.25) is 0 Å². The molecule has 0 saturated heterocycles. The van der Waals surface area contributed by atoms with Crippen LogP contribution in [-0.2, 0) is 4.74 Å². The molecule has 0 aliphatic heterocycles. The van der Waals surface area contributed by atoms with Crippen LogP contribution >= 0.6 is 11.8 Å². The molecule has 0 saturated carbocycles. The molecule has 9 nitrogen and oxygen atoms in total. The lowest BCUT2D eigenvalue weighted by atomic mass is 10.3. The van der Waals surface area contributed by atoms with Gasteiger partial charge in [0.25, 0.3) is 0 Å². The van der Waals surface area contributed by atoms with Gasteiger partial charge in [-0.1, -0.05) is 17.3 Å². The van der Waals surface area contributed by atoms with E-state index >= 15 is 0 Å². The molecule has 3 rings (SSSR count). The molecule has 0 atom stereocenters. The number of nitrogens with zero attached hydrogens (tertiary/aromatic N) is 5. The number of benzene rings is 1. The van der Waals surface area contributed by atoms with E-state index in [4.69, 9.17) is 9.47 Å². The molecule has 0 bridgehead atoms. The van der Waals surface area contributed by atoms with E-state index in [2.05, 4.69) is 15.4 Å². The molecule has 0 spiro atoms. The first-order chi connectivity index (χ1) is 12.1. The Labute approximate surface area is 146 Å². The summed E-state index contributed by atoms with van der Waals surface area (Å²) in [7, 11) is 1.49. The zero-order chi connectivity index (χ0) is 18.0. The zero-order valence-corrected chi connectivity index (χ0v) is 14.6. The molecule has 0 unspecified atom stereocenters. The van der Waals surface area contributed by atoms with E-state index < -0.39 is 11.7 Å². The number of hydrogen-bond acceptors (Lipinski definition) is 8. The lowest BCUT2D eigenvalue weighted by molar-refractivity contribution is 0.0524. The Bertz CT molecular complexity index is 997. The Morgan fingerprint density at radius 1 is 1.32 bits per heavy atom. The van der Waals surface area contributed by atoms with E-state index in [9.17, 15) is 9.59 Å². The summed E-state index contributed by atoms with van der Waals surface area (Å²) in [5.41, 5.74) is 0.0358. The van der Waals surface area contributed by atoms with Crippen LogP contribution in [0.3, 0.4) is 0 Å². The van der Waals surface area contributed by atoms with Crippen LogP contribution in [-0.4, -0.2) is 50.5 Å². The van der Waals surface area contributed by atoms with Gasteiger partial charge in [0, 0.05) is 0 Å². The number of fused-ring (bicyclic) bond motifs is 1. The van der Waals surface area contributed by atoms with Crippen molar-refractivity contribution in [3.05, 3.63) is 40.3 Å². The highest BCUT2D eigenvalue weighted by Gasteiger charge is 2.24. The maximum Gasteiger partial charge on any atom is 0.373 e. The number of carbonyl (C=O) groups excluding carboxylic acids is 1. The van der Waals surface area contributed by atoms with Crippen LogP contribution in [0.25, 0.3) is 11.3 Å². The number of para-hydroxylation sites is 2. The molecule has 2 aromatic heterocycles. The molecule has 10 heteroatoms. The minimum absolute atomic E-state index is 0.0546. The van der Waals surface area contributed by atoms with Gasteiger partial charge in [-0.2, -0.15) is 14.3 Å². The molecule has 130 valence electrons. The van der Waals surface area contributed by atoms with Crippen molar-refractivity contribution in [2.24, 2.45) is 0 Å². The standard InChI is InChI=1S/C15H15N5O4S/c1-4-24-14(21)11-12-16-18-19(9-7-5-6-8-10(9)23-2)15(22)20(12)17-13(11)25-3/h5-8H,4H2,1-3H3. The van der Waals surface area contributed by atoms with Crippen molar-refractivity contribution in [1.82, 2.24) is 24.6 Å². The summed E-state index contributed by atoms with van der Waals surface area (Å²) in [6, 6.07) is 6.90. The number of hydrogen-bond donors (Lipinski definition) is 0. The lowest BCUT2D eigenvalue weighted by Crippen LogP contribution is -2.30. The fourth-order valence-corrected chi connectivity index (χ4v) is 2.85. The molecule has 1 aromatic carbocycles. The quantitative estimate of drug-likeness (QED) is 0.493. The van der Waals surface area contributed by atoms with Crippen molar-refractivity contribution in [2.45, 2.75) is 11.9 Å². The highest BCUT2D eigenvalue weighted by molar-refractivity contribution is 7.98. The van der Waals surface area contributed by atoms with Gasteiger partial charge in [0.15, 0.2) is 5.65 Å². The highest BCUT2D eigenvalue weighted by Crippen LogP contribution is 2.23. The van der Waals surface area contributed by atoms with Gasteiger partial charge in [0.2, 0.25) is 0 Å². The average Bonchev–Trinajstić information content (AvgIpc) is 3.02. The monoisotopic (exact) mass is 361 g/mol. The van der Waals surface area contributed by atoms with Gasteiger partial charge in [0.05, 0.1) is 13.7 Å². The summed E-state index contributed by atoms with van der Waals surface area (Å²) in [4.78, 5) is 25.0. The van der Waals surface area contributed by atoms with E-state index in [1.165, 1.54) is 18.9 Å². The van der Waals surface area contributed by atoms with Crippen LogP contribution in [0.4, 0.5) is 0 Å². The first-order valence-corrected chi connectivity index (χ1v) is 8.58. The number of aromatic nitrogens is 5. The smallest absolute Gasteiger partial charge is 0.373 e. The summed E-state index contributed by atoms with van der Waals surface area (Å²) in [5, 5.41) is 12.5. The fourth-order valence-electron chi connectivity index (χ4n) is 2.31. The molecule has 3 aromatic rings. The van der Waals surface area contributed by atoms with Crippen molar-refractivity contribution in [3.63, 3.8) is 0 Å². The van der Waals surface area contributed by atoms with Crippen LogP contribution < -0.4 is 10.4 Å². The minimum Gasteiger partial charge on any atom is -0.494 e. The first-order valence-electron chi connectivity index (χ1n) is 7.35. The van der Waals surface area contributed by atoms with Crippen molar-refractivity contribution in [1.29, 1.82) is 0 Å². The van der Waals surface area contributed by atoms with Gasteiger partial charge in [0.1, 0.15) is 22.0 Å². The van der Waals surface area contributed by atoms with Crippen molar-refractivity contribution < 1.29 is 14.3 Å². The molecule has 0 N–H and O–H groups in total. The van der Waals surface area contributed by atoms with Gasteiger partial charge in [-0.15, -0.1) is 16.9 Å². The molecule has 2 heterocycles. The number of esters is 1. The number of thioether (sulfide) groups is 1. The molecule has 25 heavy (non-hydrogen) atoms. The van der Waals surface area contributed by atoms with Gasteiger partial charge < -0.3 is 9.47 Å². The fraction of sp³-hybridized carbons (Fsp3) is 0.267. The van der Waals surface area contributed by atoms with E-state index in [0.29, 0.717) is 16.5 Å². The third kappa shape index (κ3) is 2.84. The second kappa shape index (κ2) is 6.93. The Morgan fingerprint density at radius 2 is 2.08 bits per heavy atom. The maximum absolute atomic E-state index is 12.8. The van der Waals surface area contributed by atoms with Crippen LogP contribution in [0.15, 0.2) is 34.1 Å². The predicted molar refractivity (Wildman–Crippen MR) is 90.7 cm³/mol. The van der Waals surface area contributed by atoms with Crippen molar-refractivity contribution in [2.75, 3.05) is 20.0 Å². The SMILES string of the molecule is CCOC(=O)c1c(SC)nn2c(=O)n(-c3ccccc3OC)nnc12. The topological polar surface area (TPSA) is 101 Å². The second-order valence-electron chi connectivity index (χ2n) is 4.80. The molecule has 0 fully saturated rings. The Kier molecular flexibility index (Phi) is 4.70. The molecular weight excluding hydrogens is 346 g/mol. The van der Waals surface area contributed by atoms with E-state index in [1.807, 2.05) is 0 Å². The van der Waals surface area contributed by atoms with Gasteiger partial charge in [-0.05, 0) is 25.3 Å². The molecule has 0 aliphatic carbocycles. The van der Waals surface area contributed by atoms with Gasteiger partial charge in [-0.25, -0.2) is 9.59 Å². The van der Waals surface area contributed by atoms with E-state index in [1.54, 1.807) is 37.4 Å². The first kappa shape index (κ1) is 17.0. The van der Waals surface area contributed by atoms with E-state index in [-0.39, 0.29) is 17.8 Å². The van der Waals surface area contributed by atoms with Crippen molar-refractivity contribution in [3.8, 4) is 11.4 Å². The molecule has 0 amide bonds. The number of methoxy groups -OCH3 is 1. The third-order valence-electron chi connectivity index (χ3n) is 3.41. The normalized spacial score (nSPS) is 10.8. The van der Waals surface area contributed by atoms with Crippen LogP contribution in [0, 0.1) is 0 Å². The Balaban J connectivity index is 2.26. The van der Waals surface area contributed by atoms with E-state index in [0.717, 1.165) is 9.20 Å². The predicted octanol–water partition coefficient (Wildman–Crippen LogP) is 1.18. The summed E-state index contributed by atoms with van der Waals surface area (Å²) in [5.74, 6) is -0.133. The van der Waals surface area contributed by atoms with Gasteiger partial charge in [-0.3, -0.25) is 0 Å². The summed E-state index contributed by atoms with van der Waals surface area (Å²) in [6.45, 7) is 1.90. The lowest BCUT2D eigenvalue weighted by Gasteiger charge is -2.08. The largest absolute Gasteiger partial charge is 0.494 e. The number of carbonyl (C=O) groups is 1. The molecular formula is C15H15N5O4S. The van der Waals surface area contributed by atoms with Crippen LogP contribution in [0.1, 0.15) is 17.3 Å². The van der Waals surface area contributed by atoms with Crippen LogP contribution in [0.5, 0.6) is 5.75 Å². The van der Waals surface area contributed by atoms with Crippen molar-refractivity contribution >= 4 is 23.4 Å². The summed E-state index contributed by atoms with van der Waals surface area (Å²) in [6.07, 6.45) is 1.75. The highest BCUT2D eigenvalue weighted by atomic mass is 32.2. The minimum atomic E-state index is -0.592. The molecule has 0 radical (unpaired) electrons. The Morgan fingerprint density at radius 3 is 2.76 bits per heavy atom. The maximum atomic E-state index is 12.8. The Hall–Kier alpha value is -2.88. The average molecular weight is 361 g/mol. The summed E-state index contributed by atoms with van der Waals surface area (Å²) >= 11 is 1.22. The number of rotatable bonds is 5. The summed E-state index contributed by atoms with van der Waals surface area (Å²) < 4.78 is 12.4. The third-order valence-corrected chi connectivity index (χ3v) is 4.08. The zero-order valence-electron chi connectivity index (χ0n) is 13.8.